The number of hydrogen-bond acceptors (Lipinski definition) is 3. The third kappa shape index (κ3) is 2.46. The highest BCUT2D eigenvalue weighted by molar-refractivity contribution is 6.32. The number of fused-ring (bicyclic) bond motifs is 1. The summed E-state index contributed by atoms with van der Waals surface area (Å²) in [5, 5.41) is 10.6. The lowest BCUT2D eigenvalue weighted by atomic mass is 10.2. The monoisotopic (exact) mass is 271 g/mol. The number of phenols is 1. The Kier molecular flexibility index (Phi) is 2.97. The minimum absolute atomic E-state index is 0.185. The zero-order valence-corrected chi connectivity index (χ0v) is 10.6. The fourth-order valence-electron chi connectivity index (χ4n) is 1.77. The van der Waals surface area contributed by atoms with E-state index < -0.39 is 0 Å². The maximum atomic E-state index is 9.22. The van der Waals surface area contributed by atoms with E-state index >= 15 is 0 Å². The first-order chi connectivity index (χ1) is 9.22. The molecule has 3 nitrogen and oxygen atoms in total. The van der Waals surface area contributed by atoms with Crippen LogP contribution in [0.15, 0.2) is 54.6 Å². The normalized spacial score (nSPS) is 10.6. The molecule has 94 valence electrons. The van der Waals surface area contributed by atoms with Gasteiger partial charge >= 0.3 is 0 Å². The Balaban J connectivity index is 2.00. The SMILES string of the molecule is Oc1ccc(Oc2nc3ccccc3cc2Cl)cc1. The van der Waals surface area contributed by atoms with Crippen molar-refractivity contribution in [2.24, 2.45) is 0 Å². The third-order valence-electron chi connectivity index (χ3n) is 2.70. The van der Waals surface area contributed by atoms with Crippen molar-refractivity contribution in [1.29, 1.82) is 0 Å². The summed E-state index contributed by atoms with van der Waals surface area (Å²) in [4.78, 5) is 4.38. The molecule has 3 rings (SSSR count). The van der Waals surface area contributed by atoms with Gasteiger partial charge in [0, 0.05) is 5.39 Å². The van der Waals surface area contributed by atoms with E-state index in [2.05, 4.69) is 4.98 Å². The first kappa shape index (κ1) is 11.8. The number of nitrogens with zero attached hydrogens (tertiary/aromatic N) is 1. The molecule has 19 heavy (non-hydrogen) atoms. The summed E-state index contributed by atoms with van der Waals surface area (Å²) in [6.07, 6.45) is 0. The predicted octanol–water partition coefficient (Wildman–Crippen LogP) is 4.39. The van der Waals surface area contributed by atoms with Gasteiger partial charge in [-0.25, -0.2) is 4.98 Å². The molecule has 0 aliphatic heterocycles. The van der Waals surface area contributed by atoms with E-state index in [-0.39, 0.29) is 5.75 Å². The number of aromatic nitrogens is 1. The van der Waals surface area contributed by atoms with Crippen LogP contribution in [-0.2, 0) is 0 Å². The van der Waals surface area contributed by atoms with E-state index in [1.54, 1.807) is 24.3 Å². The average molecular weight is 272 g/mol. The molecule has 0 radical (unpaired) electrons. The van der Waals surface area contributed by atoms with Gasteiger partial charge in [-0.2, -0.15) is 0 Å². The average Bonchev–Trinajstić information content (AvgIpc) is 2.42. The number of rotatable bonds is 2. The number of pyridine rings is 1. The molecule has 0 amide bonds. The summed E-state index contributed by atoms with van der Waals surface area (Å²) in [6, 6.07) is 15.9. The molecule has 0 fully saturated rings. The fourth-order valence-corrected chi connectivity index (χ4v) is 1.97. The molecule has 0 bridgehead atoms. The van der Waals surface area contributed by atoms with Crippen LogP contribution in [0.4, 0.5) is 0 Å². The predicted molar refractivity (Wildman–Crippen MR) is 74.9 cm³/mol. The van der Waals surface area contributed by atoms with E-state index in [1.807, 2.05) is 30.3 Å². The van der Waals surface area contributed by atoms with Crippen LogP contribution in [0.25, 0.3) is 10.9 Å². The van der Waals surface area contributed by atoms with Gasteiger partial charge in [0.25, 0.3) is 0 Å². The van der Waals surface area contributed by atoms with E-state index in [1.165, 1.54) is 0 Å². The second-order valence-corrected chi connectivity index (χ2v) is 4.47. The van der Waals surface area contributed by atoms with Crippen LogP contribution in [0, 0.1) is 0 Å². The number of halogens is 1. The maximum absolute atomic E-state index is 9.22. The Morgan fingerprint density at radius 3 is 2.53 bits per heavy atom. The van der Waals surface area contributed by atoms with Crippen molar-refractivity contribution in [3.05, 3.63) is 59.6 Å². The zero-order chi connectivity index (χ0) is 13.2. The Hall–Kier alpha value is -2.26. The van der Waals surface area contributed by atoms with Crippen molar-refractivity contribution in [2.45, 2.75) is 0 Å². The molecule has 0 aliphatic carbocycles. The Labute approximate surface area is 115 Å². The molecule has 1 N–H and O–H groups in total. The largest absolute Gasteiger partial charge is 0.508 e. The molecular weight excluding hydrogens is 262 g/mol. The lowest BCUT2D eigenvalue weighted by Crippen LogP contribution is -1.90. The molecule has 1 heterocycles. The van der Waals surface area contributed by atoms with Gasteiger partial charge in [-0.1, -0.05) is 29.8 Å². The van der Waals surface area contributed by atoms with Gasteiger partial charge in [0.05, 0.1) is 5.52 Å². The highest BCUT2D eigenvalue weighted by Crippen LogP contribution is 2.30. The molecule has 4 heteroatoms. The summed E-state index contributed by atoms with van der Waals surface area (Å²) in [5.74, 6) is 1.11. The van der Waals surface area contributed by atoms with Crippen LogP contribution in [0.5, 0.6) is 17.4 Å². The minimum atomic E-state index is 0.185. The maximum Gasteiger partial charge on any atom is 0.238 e. The van der Waals surface area contributed by atoms with Gasteiger partial charge in [-0.15, -0.1) is 0 Å². The Morgan fingerprint density at radius 1 is 1.00 bits per heavy atom. The number of phenolic OH excluding ortho intramolecular Hbond substituents is 1. The second kappa shape index (κ2) is 4.78. The molecule has 0 saturated carbocycles. The third-order valence-corrected chi connectivity index (χ3v) is 2.97. The van der Waals surface area contributed by atoms with E-state index in [9.17, 15) is 5.11 Å². The Morgan fingerprint density at radius 2 is 1.74 bits per heavy atom. The summed E-state index contributed by atoms with van der Waals surface area (Å²) in [6.45, 7) is 0. The molecule has 1 aromatic heterocycles. The van der Waals surface area contributed by atoms with E-state index in [4.69, 9.17) is 16.3 Å². The van der Waals surface area contributed by atoms with Crippen LogP contribution >= 0.6 is 11.6 Å². The number of para-hydroxylation sites is 1. The van der Waals surface area contributed by atoms with E-state index in [0.717, 1.165) is 10.9 Å². The van der Waals surface area contributed by atoms with Crippen molar-refractivity contribution < 1.29 is 9.84 Å². The van der Waals surface area contributed by atoms with Gasteiger partial charge in [0.2, 0.25) is 5.88 Å². The first-order valence-corrected chi connectivity index (χ1v) is 6.12. The van der Waals surface area contributed by atoms with Gasteiger partial charge in [0.1, 0.15) is 16.5 Å². The molecule has 0 unspecified atom stereocenters. The molecule has 0 spiro atoms. The zero-order valence-electron chi connectivity index (χ0n) is 9.88. The summed E-state index contributed by atoms with van der Waals surface area (Å²) in [5.41, 5.74) is 0.820. The molecule has 3 aromatic rings. The minimum Gasteiger partial charge on any atom is -0.508 e. The number of benzene rings is 2. The van der Waals surface area contributed by atoms with Gasteiger partial charge < -0.3 is 9.84 Å². The molecule has 0 atom stereocenters. The number of hydrogen-bond donors (Lipinski definition) is 1. The summed E-state index contributed by atoms with van der Waals surface area (Å²) >= 11 is 6.15. The summed E-state index contributed by atoms with van der Waals surface area (Å²) < 4.78 is 5.62. The summed E-state index contributed by atoms with van der Waals surface area (Å²) in [7, 11) is 0. The second-order valence-electron chi connectivity index (χ2n) is 4.06. The standard InChI is InChI=1S/C15H10ClNO2/c16-13-9-10-3-1-2-4-14(10)17-15(13)19-12-7-5-11(18)6-8-12/h1-9,18H. The topological polar surface area (TPSA) is 42.4 Å². The highest BCUT2D eigenvalue weighted by atomic mass is 35.5. The van der Waals surface area contributed by atoms with Crippen LogP contribution < -0.4 is 4.74 Å². The van der Waals surface area contributed by atoms with Crippen LogP contribution in [0.3, 0.4) is 0 Å². The fraction of sp³-hybridized carbons (Fsp3) is 0. The van der Waals surface area contributed by atoms with Gasteiger partial charge in [-0.3, -0.25) is 0 Å². The van der Waals surface area contributed by atoms with Crippen molar-refractivity contribution in [3.8, 4) is 17.4 Å². The van der Waals surface area contributed by atoms with Gasteiger partial charge in [0.15, 0.2) is 0 Å². The molecule has 2 aromatic carbocycles. The quantitative estimate of drug-likeness (QED) is 0.752. The van der Waals surface area contributed by atoms with Crippen molar-refractivity contribution in [3.63, 3.8) is 0 Å². The first-order valence-electron chi connectivity index (χ1n) is 5.74. The smallest absolute Gasteiger partial charge is 0.238 e. The molecular formula is C15H10ClNO2. The van der Waals surface area contributed by atoms with Crippen LogP contribution in [-0.4, -0.2) is 10.1 Å². The lowest BCUT2D eigenvalue weighted by molar-refractivity contribution is 0.455. The van der Waals surface area contributed by atoms with Gasteiger partial charge in [-0.05, 0) is 36.4 Å². The number of ether oxygens (including phenoxy) is 1. The van der Waals surface area contributed by atoms with Crippen LogP contribution in [0.1, 0.15) is 0 Å². The molecule has 0 saturated heterocycles. The van der Waals surface area contributed by atoms with Crippen molar-refractivity contribution in [1.82, 2.24) is 4.98 Å². The van der Waals surface area contributed by atoms with E-state index in [0.29, 0.717) is 16.7 Å². The highest BCUT2D eigenvalue weighted by Gasteiger charge is 2.07. The van der Waals surface area contributed by atoms with Crippen LogP contribution in [0.2, 0.25) is 5.02 Å². The Bertz CT molecular complexity index is 726. The van der Waals surface area contributed by atoms with Crippen molar-refractivity contribution in [2.75, 3.05) is 0 Å². The molecule has 0 aliphatic rings. The number of aromatic hydroxyl groups is 1. The lowest BCUT2D eigenvalue weighted by Gasteiger charge is -2.08. The van der Waals surface area contributed by atoms with Crippen molar-refractivity contribution >= 4 is 22.5 Å².